The van der Waals surface area contributed by atoms with Crippen LogP contribution in [0.15, 0.2) is 79.0 Å². The van der Waals surface area contributed by atoms with Crippen molar-refractivity contribution in [2.75, 3.05) is 4.90 Å². The maximum Gasteiger partial charge on any atom is 0.325 e. The number of amides is 2. The standard InChI is InChI=1S/C28H22ClN3O5/c29-16-9-11-17(12-10-16)32-25(34)22-23(26(32)35)28(27(36)37,31-24(22)19-6-2-4-8-21(19)33)13-15-14-30-20-7-3-1-5-18(15)20/h1-12,14,22-24,30-31,33H,13H2,(H,36,37)/t22-,23+,24-,28+/m0/s1. The van der Waals surface area contributed by atoms with Crippen LogP contribution in [0.5, 0.6) is 5.75 Å². The van der Waals surface area contributed by atoms with Gasteiger partial charge >= 0.3 is 5.97 Å². The van der Waals surface area contributed by atoms with Crippen molar-refractivity contribution in [1.82, 2.24) is 10.3 Å². The average Bonchev–Trinajstić information content (AvgIpc) is 3.53. The van der Waals surface area contributed by atoms with E-state index in [-0.39, 0.29) is 12.2 Å². The summed E-state index contributed by atoms with van der Waals surface area (Å²) in [5.41, 5.74) is 0.403. The van der Waals surface area contributed by atoms with Gasteiger partial charge in [0.05, 0.1) is 17.5 Å². The van der Waals surface area contributed by atoms with Gasteiger partial charge in [-0.15, -0.1) is 0 Å². The first-order chi connectivity index (χ1) is 17.8. The SMILES string of the molecule is O=C1[C@@H]2[C@H](c3ccccc3O)N[C@@](Cc3c[nH]c4ccccc34)(C(=O)O)[C@H]2C(=O)N1c1ccc(Cl)cc1. The predicted octanol–water partition coefficient (Wildman–Crippen LogP) is 4.04. The third-order valence-electron chi connectivity index (χ3n) is 7.54. The molecule has 2 aliphatic heterocycles. The highest BCUT2D eigenvalue weighted by Gasteiger charge is 2.69. The van der Waals surface area contributed by atoms with Crippen LogP contribution in [-0.4, -0.2) is 38.5 Å². The molecule has 0 saturated carbocycles. The van der Waals surface area contributed by atoms with Crippen molar-refractivity contribution in [3.63, 3.8) is 0 Å². The van der Waals surface area contributed by atoms with E-state index < -0.39 is 41.2 Å². The molecule has 8 nitrogen and oxygen atoms in total. The maximum atomic E-state index is 14.0. The zero-order valence-electron chi connectivity index (χ0n) is 19.4. The summed E-state index contributed by atoms with van der Waals surface area (Å²) in [5.74, 6) is -4.73. The first-order valence-corrected chi connectivity index (χ1v) is 12.2. The fourth-order valence-electron chi connectivity index (χ4n) is 5.88. The molecule has 0 spiro atoms. The van der Waals surface area contributed by atoms with Crippen LogP contribution in [0.4, 0.5) is 5.69 Å². The Balaban J connectivity index is 1.52. The lowest BCUT2D eigenvalue weighted by Gasteiger charge is -2.31. The first-order valence-electron chi connectivity index (χ1n) is 11.8. The molecule has 2 aliphatic rings. The van der Waals surface area contributed by atoms with E-state index in [9.17, 15) is 24.6 Å². The summed E-state index contributed by atoms with van der Waals surface area (Å²) >= 11 is 6.01. The summed E-state index contributed by atoms with van der Waals surface area (Å²) in [6, 6.07) is 19.3. The van der Waals surface area contributed by atoms with Gasteiger partial charge in [0.25, 0.3) is 0 Å². The van der Waals surface area contributed by atoms with Gasteiger partial charge in [0.15, 0.2) is 0 Å². The second-order valence-corrected chi connectivity index (χ2v) is 9.92. The molecule has 0 unspecified atom stereocenters. The number of para-hydroxylation sites is 2. The molecule has 2 fully saturated rings. The Hall–Kier alpha value is -4.14. The monoisotopic (exact) mass is 515 g/mol. The predicted molar refractivity (Wildman–Crippen MR) is 137 cm³/mol. The first kappa shape index (κ1) is 23.3. The molecule has 6 rings (SSSR count). The lowest BCUT2D eigenvalue weighted by Crippen LogP contribution is -2.57. The number of aromatic hydroxyl groups is 1. The van der Waals surface area contributed by atoms with Gasteiger partial charge in [-0.1, -0.05) is 48.0 Å². The zero-order chi connectivity index (χ0) is 25.9. The van der Waals surface area contributed by atoms with E-state index in [1.54, 1.807) is 48.7 Å². The van der Waals surface area contributed by atoms with Crippen molar-refractivity contribution in [3.05, 3.63) is 95.1 Å². The number of phenolic OH excluding ortho intramolecular Hbond substituents is 1. The number of aliphatic carboxylic acids is 1. The molecule has 2 amide bonds. The number of aromatic nitrogens is 1. The molecule has 3 aromatic carbocycles. The number of fused-ring (bicyclic) bond motifs is 2. The molecule has 0 radical (unpaired) electrons. The number of rotatable bonds is 5. The Kier molecular flexibility index (Phi) is 5.33. The number of nitrogens with zero attached hydrogens (tertiary/aromatic N) is 1. The van der Waals surface area contributed by atoms with Crippen molar-refractivity contribution in [3.8, 4) is 5.75 Å². The summed E-state index contributed by atoms with van der Waals surface area (Å²) in [7, 11) is 0. The van der Waals surface area contributed by atoms with Crippen molar-refractivity contribution >= 4 is 46.0 Å². The number of carbonyl (C=O) groups is 3. The smallest absolute Gasteiger partial charge is 0.325 e. The van der Waals surface area contributed by atoms with Gasteiger partial charge in [0, 0.05) is 40.1 Å². The largest absolute Gasteiger partial charge is 0.508 e. The molecule has 0 bridgehead atoms. The lowest BCUT2D eigenvalue weighted by molar-refractivity contribution is -0.148. The van der Waals surface area contributed by atoms with Gasteiger partial charge in [-0.2, -0.15) is 0 Å². The molecule has 0 aliphatic carbocycles. The molecule has 3 heterocycles. The van der Waals surface area contributed by atoms with Gasteiger partial charge in [0.1, 0.15) is 11.3 Å². The van der Waals surface area contributed by atoms with Gasteiger partial charge in [-0.25, -0.2) is 4.90 Å². The third kappa shape index (κ3) is 3.44. The van der Waals surface area contributed by atoms with Crippen LogP contribution in [0.2, 0.25) is 5.02 Å². The molecule has 37 heavy (non-hydrogen) atoms. The summed E-state index contributed by atoms with van der Waals surface area (Å²) < 4.78 is 0. The number of imide groups is 1. The minimum atomic E-state index is -1.81. The molecule has 9 heteroatoms. The number of hydrogen-bond donors (Lipinski definition) is 4. The van der Waals surface area contributed by atoms with Gasteiger partial charge < -0.3 is 15.2 Å². The molecular weight excluding hydrogens is 494 g/mol. The number of anilines is 1. The summed E-state index contributed by atoms with van der Waals surface area (Å²) in [6.07, 6.45) is 1.68. The van der Waals surface area contributed by atoms with E-state index in [1.165, 1.54) is 6.07 Å². The number of carboxylic acid groups (broad SMARTS) is 1. The zero-order valence-corrected chi connectivity index (χ0v) is 20.1. The van der Waals surface area contributed by atoms with Gasteiger partial charge in [-0.05, 0) is 42.0 Å². The Morgan fingerprint density at radius 2 is 1.68 bits per heavy atom. The number of aromatic amines is 1. The number of phenols is 1. The summed E-state index contributed by atoms with van der Waals surface area (Å²) in [6.45, 7) is 0. The molecular formula is C28H22ClN3O5. The number of halogens is 1. The van der Waals surface area contributed by atoms with Crippen molar-refractivity contribution < 1.29 is 24.6 Å². The highest BCUT2D eigenvalue weighted by atomic mass is 35.5. The van der Waals surface area contributed by atoms with E-state index >= 15 is 0 Å². The number of nitrogens with one attached hydrogen (secondary N) is 2. The molecule has 4 N–H and O–H groups in total. The number of carbonyl (C=O) groups excluding carboxylic acids is 2. The number of H-pyrrole nitrogens is 1. The average molecular weight is 516 g/mol. The molecule has 2 saturated heterocycles. The van der Waals surface area contributed by atoms with Crippen LogP contribution in [0.3, 0.4) is 0 Å². The van der Waals surface area contributed by atoms with Gasteiger partial charge in [0.2, 0.25) is 11.8 Å². The molecule has 186 valence electrons. The number of carboxylic acids is 1. The van der Waals surface area contributed by atoms with E-state index in [0.717, 1.165) is 15.8 Å². The summed E-state index contributed by atoms with van der Waals surface area (Å²) in [4.78, 5) is 45.1. The molecule has 4 atom stereocenters. The van der Waals surface area contributed by atoms with Crippen molar-refractivity contribution in [1.29, 1.82) is 0 Å². The highest BCUT2D eigenvalue weighted by molar-refractivity contribution is 6.31. The Morgan fingerprint density at radius 1 is 0.973 bits per heavy atom. The van der Waals surface area contributed by atoms with E-state index in [4.69, 9.17) is 11.6 Å². The Morgan fingerprint density at radius 3 is 2.41 bits per heavy atom. The maximum absolute atomic E-state index is 14.0. The number of hydrogen-bond acceptors (Lipinski definition) is 5. The summed E-state index contributed by atoms with van der Waals surface area (Å²) in [5, 5.41) is 25.7. The second kappa shape index (κ2) is 8.47. The fraction of sp³-hybridized carbons (Fsp3) is 0.179. The van der Waals surface area contributed by atoms with Crippen molar-refractivity contribution in [2.45, 2.75) is 18.0 Å². The minimum Gasteiger partial charge on any atom is -0.508 e. The topological polar surface area (TPSA) is 123 Å². The van der Waals surface area contributed by atoms with Crippen LogP contribution >= 0.6 is 11.6 Å². The normalized spacial score (nSPS) is 25.1. The van der Waals surface area contributed by atoms with Crippen molar-refractivity contribution in [2.24, 2.45) is 11.8 Å². The van der Waals surface area contributed by atoms with Gasteiger partial charge in [-0.3, -0.25) is 19.7 Å². The Bertz CT molecular complexity index is 1570. The minimum absolute atomic E-state index is 0.0505. The molecule has 1 aromatic heterocycles. The Labute approximate surface area is 216 Å². The van der Waals surface area contributed by atoms with E-state index in [0.29, 0.717) is 21.8 Å². The molecule has 4 aromatic rings. The van der Waals surface area contributed by atoms with E-state index in [2.05, 4.69) is 10.3 Å². The quantitative estimate of drug-likeness (QED) is 0.297. The van der Waals surface area contributed by atoms with Crippen LogP contribution in [0.1, 0.15) is 17.2 Å². The van der Waals surface area contributed by atoms with Crippen LogP contribution in [0, 0.1) is 11.8 Å². The second-order valence-electron chi connectivity index (χ2n) is 9.49. The van der Waals surface area contributed by atoms with Crippen LogP contribution in [-0.2, 0) is 20.8 Å². The van der Waals surface area contributed by atoms with E-state index in [1.807, 2.05) is 24.3 Å². The third-order valence-corrected chi connectivity index (χ3v) is 7.79. The fourth-order valence-corrected chi connectivity index (χ4v) is 6.00. The number of benzene rings is 3. The lowest BCUT2D eigenvalue weighted by atomic mass is 9.76. The highest BCUT2D eigenvalue weighted by Crippen LogP contribution is 2.52. The van der Waals surface area contributed by atoms with Crippen LogP contribution in [0.25, 0.3) is 10.9 Å². The van der Waals surface area contributed by atoms with Crippen LogP contribution < -0.4 is 10.2 Å².